The Morgan fingerprint density at radius 2 is 2.05 bits per heavy atom. The van der Waals surface area contributed by atoms with Gasteiger partial charge in [0.05, 0.1) is 24.8 Å². The van der Waals surface area contributed by atoms with E-state index in [4.69, 9.17) is 21.1 Å². The number of methoxy groups -OCH3 is 1. The highest BCUT2D eigenvalue weighted by molar-refractivity contribution is 6.16. The van der Waals surface area contributed by atoms with Crippen LogP contribution < -0.4 is 0 Å². The third kappa shape index (κ3) is 3.13. The third-order valence-electron chi connectivity index (χ3n) is 3.19. The van der Waals surface area contributed by atoms with Crippen LogP contribution in [0, 0.1) is 6.92 Å². The lowest BCUT2D eigenvalue weighted by atomic mass is 10.4. The van der Waals surface area contributed by atoms with Crippen molar-refractivity contribution in [3.05, 3.63) is 11.5 Å². The minimum atomic E-state index is 0.401. The van der Waals surface area contributed by atoms with Gasteiger partial charge >= 0.3 is 0 Å². The molecular formula is C13H21ClN4O2. The molecule has 0 aliphatic heterocycles. The van der Waals surface area contributed by atoms with E-state index >= 15 is 0 Å². The molecule has 0 bridgehead atoms. The van der Waals surface area contributed by atoms with Gasteiger partial charge in [-0.25, -0.2) is 4.98 Å². The van der Waals surface area contributed by atoms with E-state index in [1.54, 1.807) is 7.11 Å². The van der Waals surface area contributed by atoms with Gasteiger partial charge in [0, 0.05) is 27.3 Å². The van der Waals surface area contributed by atoms with Crippen LogP contribution >= 0.6 is 11.6 Å². The standard InChI is InChI=1S/C13H21ClN4O2/c1-10-12-13(17(2)16-10)18(11(9-14)15-12)5-4-6-20-8-7-19-3/h4-9H2,1-3H3. The molecule has 0 aliphatic rings. The third-order valence-corrected chi connectivity index (χ3v) is 3.43. The van der Waals surface area contributed by atoms with Crippen molar-refractivity contribution in [2.45, 2.75) is 25.8 Å². The number of hydrogen-bond donors (Lipinski definition) is 0. The molecule has 7 heteroatoms. The molecule has 20 heavy (non-hydrogen) atoms. The first-order valence-corrected chi connectivity index (χ1v) is 7.23. The van der Waals surface area contributed by atoms with Crippen molar-refractivity contribution in [1.82, 2.24) is 19.3 Å². The normalized spacial score (nSPS) is 11.6. The van der Waals surface area contributed by atoms with Crippen LogP contribution in [-0.2, 0) is 28.9 Å². The van der Waals surface area contributed by atoms with E-state index in [9.17, 15) is 0 Å². The van der Waals surface area contributed by atoms with Crippen molar-refractivity contribution >= 4 is 22.8 Å². The van der Waals surface area contributed by atoms with Crippen LogP contribution in [-0.4, -0.2) is 46.3 Å². The number of fused-ring (bicyclic) bond motifs is 1. The van der Waals surface area contributed by atoms with E-state index in [0.29, 0.717) is 25.7 Å². The Bertz CT molecular complexity index is 564. The Kier molecular flexibility index (Phi) is 5.39. The van der Waals surface area contributed by atoms with Crippen LogP contribution in [0.5, 0.6) is 0 Å². The zero-order valence-corrected chi connectivity index (χ0v) is 13.0. The zero-order chi connectivity index (χ0) is 14.5. The van der Waals surface area contributed by atoms with Crippen LogP contribution in [0.1, 0.15) is 17.9 Å². The molecule has 2 rings (SSSR count). The van der Waals surface area contributed by atoms with Crippen LogP contribution in [0.4, 0.5) is 0 Å². The average Bonchev–Trinajstić information content (AvgIpc) is 2.93. The fourth-order valence-electron chi connectivity index (χ4n) is 2.29. The number of hydrogen-bond acceptors (Lipinski definition) is 4. The molecular weight excluding hydrogens is 280 g/mol. The smallest absolute Gasteiger partial charge is 0.158 e. The molecule has 0 saturated heterocycles. The molecule has 6 nitrogen and oxygen atoms in total. The minimum absolute atomic E-state index is 0.401. The van der Waals surface area contributed by atoms with E-state index in [0.717, 1.165) is 35.6 Å². The highest BCUT2D eigenvalue weighted by atomic mass is 35.5. The van der Waals surface area contributed by atoms with Crippen molar-refractivity contribution in [3.63, 3.8) is 0 Å². The Morgan fingerprint density at radius 1 is 1.25 bits per heavy atom. The summed E-state index contributed by atoms with van der Waals surface area (Å²) < 4.78 is 14.4. The molecule has 0 spiro atoms. The largest absolute Gasteiger partial charge is 0.382 e. The molecule has 0 aliphatic carbocycles. The van der Waals surface area contributed by atoms with Gasteiger partial charge in [0.1, 0.15) is 11.3 Å². The maximum Gasteiger partial charge on any atom is 0.158 e. The SMILES string of the molecule is COCCOCCCn1c(CCl)nc2c(C)nn(C)c21. The number of aromatic nitrogens is 4. The second kappa shape index (κ2) is 7.06. The molecule has 2 heterocycles. The molecule has 0 atom stereocenters. The first-order valence-electron chi connectivity index (χ1n) is 6.70. The Labute approximate surface area is 123 Å². The Morgan fingerprint density at radius 3 is 2.75 bits per heavy atom. The summed E-state index contributed by atoms with van der Waals surface area (Å²) in [6.07, 6.45) is 0.906. The van der Waals surface area contributed by atoms with Gasteiger partial charge in [-0.05, 0) is 13.3 Å². The number of aryl methyl sites for hydroxylation is 3. The Balaban J connectivity index is 2.04. The first kappa shape index (κ1) is 15.3. The topological polar surface area (TPSA) is 54.1 Å². The summed E-state index contributed by atoms with van der Waals surface area (Å²) >= 11 is 5.99. The quantitative estimate of drug-likeness (QED) is 0.552. The summed E-state index contributed by atoms with van der Waals surface area (Å²) in [5.74, 6) is 1.29. The van der Waals surface area contributed by atoms with Gasteiger partial charge in [-0.3, -0.25) is 4.68 Å². The second-order valence-corrected chi connectivity index (χ2v) is 4.92. The van der Waals surface area contributed by atoms with E-state index in [1.165, 1.54) is 0 Å². The van der Waals surface area contributed by atoms with Gasteiger partial charge in [-0.15, -0.1) is 11.6 Å². The summed E-state index contributed by atoms with van der Waals surface area (Å²) in [6, 6.07) is 0. The fourth-order valence-corrected chi connectivity index (χ4v) is 2.49. The van der Waals surface area contributed by atoms with Crippen molar-refractivity contribution in [3.8, 4) is 0 Å². The van der Waals surface area contributed by atoms with Crippen molar-refractivity contribution in [1.29, 1.82) is 0 Å². The number of imidazole rings is 1. The lowest BCUT2D eigenvalue weighted by molar-refractivity contribution is 0.0680. The first-order chi connectivity index (χ1) is 9.69. The second-order valence-electron chi connectivity index (χ2n) is 4.65. The summed E-state index contributed by atoms with van der Waals surface area (Å²) in [4.78, 5) is 4.57. The molecule has 0 amide bonds. The lowest BCUT2D eigenvalue weighted by Gasteiger charge is -2.08. The molecule has 112 valence electrons. The number of rotatable bonds is 8. The van der Waals surface area contributed by atoms with E-state index in [2.05, 4.69) is 14.6 Å². The molecule has 0 unspecified atom stereocenters. The fraction of sp³-hybridized carbons (Fsp3) is 0.692. The molecule has 0 radical (unpaired) electrons. The van der Waals surface area contributed by atoms with Gasteiger partial charge < -0.3 is 14.0 Å². The number of ether oxygens (including phenoxy) is 2. The summed E-state index contributed by atoms with van der Waals surface area (Å²) in [7, 11) is 3.60. The van der Waals surface area contributed by atoms with Gasteiger partial charge in [-0.2, -0.15) is 5.10 Å². The maximum absolute atomic E-state index is 5.99. The van der Waals surface area contributed by atoms with E-state index in [-0.39, 0.29) is 0 Å². The van der Waals surface area contributed by atoms with Gasteiger partial charge in [0.25, 0.3) is 0 Å². The highest BCUT2D eigenvalue weighted by Gasteiger charge is 2.16. The van der Waals surface area contributed by atoms with Crippen LogP contribution in [0.25, 0.3) is 11.2 Å². The zero-order valence-electron chi connectivity index (χ0n) is 12.2. The van der Waals surface area contributed by atoms with Crippen LogP contribution in [0.3, 0.4) is 0 Å². The van der Waals surface area contributed by atoms with Gasteiger partial charge in [0.2, 0.25) is 0 Å². The Hall–Kier alpha value is -1.11. The van der Waals surface area contributed by atoms with Crippen molar-refractivity contribution in [2.24, 2.45) is 7.05 Å². The summed E-state index contributed by atoms with van der Waals surface area (Å²) in [5, 5.41) is 4.40. The molecule has 0 fully saturated rings. The predicted molar refractivity (Wildman–Crippen MR) is 78.1 cm³/mol. The van der Waals surface area contributed by atoms with Crippen molar-refractivity contribution in [2.75, 3.05) is 26.9 Å². The van der Waals surface area contributed by atoms with E-state index in [1.807, 2.05) is 18.7 Å². The molecule has 2 aromatic heterocycles. The predicted octanol–water partition coefficient (Wildman–Crippen LogP) is 1.87. The summed E-state index contributed by atoms with van der Waals surface area (Å²) in [5.41, 5.74) is 2.89. The monoisotopic (exact) mass is 300 g/mol. The van der Waals surface area contributed by atoms with Gasteiger partial charge in [0.15, 0.2) is 5.65 Å². The van der Waals surface area contributed by atoms with Crippen LogP contribution in [0.15, 0.2) is 0 Å². The molecule has 2 aromatic rings. The average molecular weight is 301 g/mol. The summed E-state index contributed by atoms with van der Waals surface area (Å²) in [6.45, 7) is 4.74. The number of alkyl halides is 1. The van der Waals surface area contributed by atoms with Crippen LogP contribution in [0.2, 0.25) is 0 Å². The lowest BCUT2D eigenvalue weighted by Crippen LogP contribution is -2.10. The van der Waals surface area contributed by atoms with Crippen molar-refractivity contribution < 1.29 is 9.47 Å². The minimum Gasteiger partial charge on any atom is -0.382 e. The maximum atomic E-state index is 5.99. The number of nitrogens with zero attached hydrogens (tertiary/aromatic N) is 4. The highest BCUT2D eigenvalue weighted by Crippen LogP contribution is 2.20. The number of halogens is 1. The molecule has 0 saturated carbocycles. The molecule has 0 N–H and O–H groups in total. The van der Waals surface area contributed by atoms with E-state index < -0.39 is 0 Å². The van der Waals surface area contributed by atoms with Gasteiger partial charge in [-0.1, -0.05) is 0 Å². The molecule has 0 aromatic carbocycles.